The van der Waals surface area contributed by atoms with Gasteiger partial charge >= 0.3 is 0 Å². The van der Waals surface area contributed by atoms with E-state index >= 15 is 0 Å². The minimum absolute atomic E-state index is 0.742. The molecule has 1 aromatic carbocycles. The molecule has 0 spiro atoms. The summed E-state index contributed by atoms with van der Waals surface area (Å²) in [5.41, 5.74) is 2.75. The van der Waals surface area contributed by atoms with E-state index in [0.717, 1.165) is 44.6 Å². The first kappa shape index (κ1) is 16.9. The van der Waals surface area contributed by atoms with Crippen LogP contribution in [0.15, 0.2) is 67.3 Å². The standard InChI is InChI=1S/C21H24N4O/c26-21(20-6-2-9-22-15-20)7-12-24(13-8-21)16-18-4-1-5-19(14-18)17-25-11-3-10-23-25/h1-6,9-11,14-15,26H,7-8,12-13,16-17H2. The van der Waals surface area contributed by atoms with Gasteiger partial charge in [0, 0.05) is 50.0 Å². The fraction of sp³-hybridized carbons (Fsp3) is 0.333. The molecule has 4 rings (SSSR count). The van der Waals surface area contributed by atoms with Crippen LogP contribution in [0.5, 0.6) is 0 Å². The van der Waals surface area contributed by atoms with E-state index in [1.165, 1.54) is 11.1 Å². The van der Waals surface area contributed by atoms with Crippen molar-refractivity contribution >= 4 is 0 Å². The van der Waals surface area contributed by atoms with Crippen LogP contribution in [0.2, 0.25) is 0 Å². The van der Waals surface area contributed by atoms with Crippen LogP contribution in [0.1, 0.15) is 29.5 Å². The molecule has 1 aliphatic heterocycles. The van der Waals surface area contributed by atoms with Gasteiger partial charge in [-0.3, -0.25) is 14.6 Å². The van der Waals surface area contributed by atoms with Gasteiger partial charge < -0.3 is 5.11 Å². The van der Waals surface area contributed by atoms with Gasteiger partial charge in [0.05, 0.1) is 12.1 Å². The van der Waals surface area contributed by atoms with Gasteiger partial charge in [0.1, 0.15) is 0 Å². The molecule has 0 amide bonds. The molecule has 3 aromatic rings. The fourth-order valence-corrected chi connectivity index (χ4v) is 3.67. The van der Waals surface area contributed by atoms with Crippen molar-refractivity contribution in [3.63, 3.8) is 0 Å². The Morgan fingerprint density at radius 3 is 2.46 bits per heavy atom. The van der Waals surface area contributed by atoms with Crippen LogP contribution in [-0.4, -0.2) is 37.9 Å². The highest BCUT2D eigenvalue weighted by atomic mass is 16.3. The van der Waals surface area contributed by atoms with Gasteiger partial charge in [-0.2, -0.15) is 5.10 Å². The second-order valence-corrected chi connectivity index (χ2v) is 7.07. The molecule has 26 heavy (non-hydrogen) atoms. The molecule has 0 radical (unpaired) electrons. The summed E-state index contributed by atoms with van der Waals surface area (Å²) >= 11 is 0. The minimum Gasteiger partial charge on any atom is -0.385 e. The summed E-state index contributed by atoms with van der Waals surface area (Å²) in [4.78, 5) is 6.57. The van der Waals surface area contributed by atoms with Gasteiger partial charge in [0.25, 0.3) is 0 Å². The number of pyridine rings is 1. The molecule has 1 fully saturated rings. The number of aliphatic hydroxyl groups is 1. The molecule has 134 valence electrons. The molecule has 0 saturated carbocycles. The molecular weight excluding hydrogens is 324 g/mol. The number of aromatic nitrogens is 3. The first-order valence-corrected chi connectivity index (χ1v) is 9.12. The van der Waals surface area contributed by atoms with Crippen molar-refractivity contribution in [1.82, 2.24) is 19.7 Å². The Balaban J connectivity index is 1.37. The lowest BCUT2D eigenvalue weighted by molar-refractivity contribution is -0.0279. The molecule has 3 heterocycles. The number of rotatable bonds is 5. The number of benzene rings is 1. The van der Waals surface area contributed by atoms with Gasteiger partial charge in [0.15, 0.2) is 0 Å². The Hall–Kier alpha value is -2.50. The van der Waals surface area contributed by atoms with Crippen molar-refractivity contribution in [2.45, 2.75) is 31.5 Å². The first-order chi connectivity index (χ1) is 12.7. The van der Waals surface area contributed by atoms with Crippen molar-refractivity contribution in [3.05, 3.63) is 83.9 Å². The Morgan fingerprint density at radius 1 is 0.962 bits per heavy atom. The molecule has 0 unspecified atom stereocenters. The second kappa shape index (κ2) is 7.40. The highest BCUT2D eigenvalue weighted by Gasteiger charge is 2.34. The molecule has 5 nitrogen and oxygen atoms in total. The lowest BCUT2D eigenvalue weighted by Gasteiger charge is -2.38. The summed E-state index contributed by atoms with van der Waals surface area (Å²) in [7, 11) is 0. The highest BCUT2D eigenvalue weighted by Crippen LogP contribution is 2.32. The lowest BCUT2D eigenvalue weighted by atomic mass is 9.85. The van der Waals surface area contributed by atoms with E-state index < -0.39 is 5.60 Å². The molecule has 0 aliphatic carbocycles. The third kappa shape index (κ3) is 3.84. The number of hydrogen-bond donors (Lipinski definition) is 1. The van der Waals surface area contributed by atoms with Crippen molar-refractivity contribution in [2.75, 3.05) is 13.1 Å². The van der Waals surface area contributed by atoms with Gasteiger partial charge in [-0.15, -0.1) is 0 Å². The number of hydrogen-bond acceptors (Lipinski definition) is 4. The van der Waals surface area contributed by atoms with Crippen LogP contribution >= 0.6 is 0 Å². The van der Waals surface area contributed by atoms with E-state index in [9.17, 15) is 5.11 Å². The molecule has 0 atom stereocenters. The Bertz CT molecular complexity index is 824. The van der Waals surface area contributed by atoms with Crippen LogP contribution in [0, 0.1) is 0 Å². The maximum absolute atomic E-state index is 10.9. The van der Waals surface area contributed by atoms with E-state index in [-0.39, 0.29) is 0 Å². The average Bonchev–Trinajstić information content (AvgIpc) is 3.18. The maximum atomic E-state index is 10.9. The molecule has 0 bridgehead atoms. The number of piperidine rings is 1. The summed E-state index contributed by atoms with van der Waals surface area (Å²) in [5.74, 6) is 0. The van der Waals surface area contributed by atoms with Gasteiger partial charge in [-0.05, 0) is 36.1 Å². The van der Waals surface area contributed by atoms with Crippen molar-refractivity contribution in [1.29, 1.82) is 0 Å². The van der Waals surface area contributed by atoms with E-state index in [2.05, 4.69) is 39.2 Å². The van der Waals surface area contributed by atoms with Crippen LogP contribution in [0.4, 0.5) is 0 Å². The third-order valence-electron chi connectivity index (χ3n) is 5.18. The van der Waals surface area contributed by atoms with Crippen molar-refractivity contribution < 1.29 is 5.11 Å². The first-order valence-electron chi connectivity index (χ1n) is 9.12. The summed E-state index contributed by atoms with van der Waals surface area (Å²) in [6.07, 6.45) is 8.81. The topological polar surface area (TPSA) is 54.2 Å². The van der Waals surface area contributed by atoms with Crippen LogP contribution in [0.25, 0.3) is 0 Å². The Labute approximate surface area is 153 Å². The Morgan fingerprint density at radius 2 is 1.77 bits per heavy atom. The molecule has 1 aliphatic rings. The minimum atomic E-state index is -0.743. The average molecular weight is 348 g/mol. The summed E-state index contributed by atoms with van der Waals surface area (Å²) in [5, 5.41) is 15.2. The van der Waals surface area contributed by atoms with Crippen LogP contribution in [0.3, 0.4) is 0 Å². The number of likely N-dealkylation sites (tertiary alicyclic amines) is 1. The normalized spacial score (nSPS) is 17.3. The maximum Gasteiger partial charge on any atom is 0.0935 e. The summed E-state index contributed by atoms with van der Waals surface area (Å²) < 4.78 is 1.94. The van der Waals surface area contributed by atoms with Gasteiger partial charge in [0.2, 0.25) is 0 Å². The second-order valence-electron chi connectivity index (χ2n) is 7.07. The van der Waals surface area contributed by atoms with E-state index in [1.807, 2.05) is 29.1 Å². The number of nitrogens with zero attached hydrogens (tertiary/aromatic N) is 4. The largest absolute Gasteiger partial charge is 0.385 e. The molecule has 2 aromatic heterocycles. The highest BCUT2D eigenvalue weighted by molar-refractivity contribution is 5.24. The van der Waals surface area contributed by atoms with Crippen LogP contribution in [-0.2, 0) is 18.7 Å². The van der Waals surface area contributed by atoms with Crippen molar-refractivity contribution in [3.8, 4) is 0 Å². The smallest absolute Gasteiger partial charge is 0.0935 e. The van der Waals surface area contributed by atoms with E-state index in [1.54, 1.807) is 18.6 Å². The SMILES string of the molecule is OC1(c2cccnc2)CCN(Cc2cccc(Cn3cccn3)c2)CC1. The van der Waals surface area contributed by atoms with E-state index in [0.29, 0.717) is 0 Å². The summed E-state index contributed by atoms with van der Waals surface area (Å²) in [6, 6.07) is 14.5. The molecule has 1 saturated heterocycles. The zero-order valence-electron chi connectivity index (χ0n) is 14.8. The predicted molar refractivity (Wildman–Crippen MR) is 100 cm³/mol. The third-order valence-corrected chi connectivity index (χ3v) is 5.18. The van der Waals surface area contributed by atoms with Crippen molar-refractivity contribution in [2.24, 2.45) is 0 Å². The fourth-order valence-electron chi connectivity index (χ4n) is 3.67. The lowest BCUT2D eigenvalue weighted by Crippen LogP contribution is -2.42. The molecule has 1 N–H and O–H groups in total. The van der Waals surface area contributed by atoms with Crippen LogP contribution < -0.4 is 0 Å². The monoisotopic (exact) mass is 348 g/mol. The molecule has 5 heteroatoms. The quantitative estimate of drug-likeness (QED) is 0.770. The van der Waals surface area contributed by atoms with Gasteiger partial charge in [-0.1, -0.05) is 30.3 Å². The zero-order chi connectivity index (χ0) is 17.8. The predicted octanol–water partition coefficient (Wildman–Crippen LogP) is 2.81. The Kier molecular flexibility index (Phi) is 4.82. The summed E-state index contributed by atoms with van der Waals surface area (Å²) in [6.45, 7) is 3.47. The molecular formula is C21H24N4O. The van der Waals surface area contributed by atoms with Gasteiger partial charge in [-0.25, -0.2) is 0 Å². The van der Waals surface area contributed by atoms with E-state index in [4.69, 9.17) is 0 Å². The zero-order valence-corrected chi connectivity index (χ0v) is 14.8.